The smallest absolute Gasteiger partial charge is 0.303 e. The fourth-order valence-corrected chi connectivity index (χ4v) is 4.20. The monoisotopic (exact) mass is 391 g/mol. The van der Waals surface area contributed by atoms with Crippen molar-refractivity contribution in [2.45, 2.75) is 84.2 Å². The van der Waals surface area contributed by atoms with Crippen LogP contribution in [0.25, 0.3) is 0 Å². The Morgan fingerprint density at radius 2 is 2.07 bits per heavy atom. The Kier molecular flexibility index (Phi) is 11.6. The molecule has 0 spiro atoms. The lowest BCUT2D eigenvalue weighted by atomic mass is 9.90. The zero-order valence-electron chi connectivity index (χ0n) is 17.7. The van der Waals surface area contributed by atoms with Crippen molar-refractivity contribution in [2.24, 2.45) is 17.8 Å². The van der Waals surface area contributed by atoms with E-state index in [1.807, 2.05) is 0 Å². The van der Waals surface area contributed by atoms with E-state index in [9.17, 15) is 10.1 Å². The molecule has 2 unspecified atom stereocenters. The van der Waals surface area contributed by atoms with Crippen LogP contribution in [0, 0.1) is 29.1 Å². The van der Waals surface area contributed by atoms with Gasteiger partial charge in [-0.2, -0.15) is 5.26 Å². The number of hydrogen-bond acceptors (Lipinski definition) is 4. The summed E-state index contributed by atoms with van der Waals surface area (Å²) >= 11 is 0. The van der Waals surface area contributed by atoms with E-state index in [2.05, 4.69) is 32.1 Å². The van der Waals surface area contributed by atoms with Gasteiger partial charge in [0.1, 0.15) is 11.9 Å². The molecule has 0 aromatic heterocycles. The van der Waals surface area contributed by atoms with Crippen LogP contribution < -0.4 is 0 Å². The third-order valence-corrected chi connectivity index (χ3v) is 5.79. The molecule has 28 heavy (non-hydrogen) atoms. The molecule has 1 heterocycles. The molecule has 2 aliphatic rings. The van der Waals surface area contributed by atoms with Crippen LogP contribution in [0.3, 0.4) is 0 Å². The second-order valence-corrected chi connectivity index (χ2v) is 7.94. The van der Waals surface area contributed by atoms with Gasteiger partial charge in [0.25, 0.3) is 0 Å². The van der Waals surface area contributed by atoms with Crippen molar-refractivity contribution in [2.75, 3.05) is 7.11 Å². The number of unbranched alkanes of at least 4 members (excludes halogenated alkanes) is 1. The van der Waals surface area contributed by atoms with E-state index < -0.39 is 5.97 Å². The van der Waals surface area contributed by atoms with E-state index >= 15 is 0 Å². The largest absolute Gasteiger partial charge is 0.493 e. The van der Waals surface area contributed by atoms with E-state index in [0.29, 0.717) is 30.3 Å². The van der Waals surface area contributed by atoms with Gasteiger partial charge in [0, 0.05) is 25.9 Å². The standard InChI is InChI=1S/C22H33NO3.CH4O/c1-3-4-7-16(2)8-5-9-17-12-13-20-19(17)14-21(26-20)18(15-23)10-6-11-22(24)25;1-2/h5,9,16-17,19-20H,3-4,6-8,10-14H2,1-2H3,(H,24,25);2H,1H3/b9-5+,21-18+;/t16?,17?,19-,20+;/m1./s1. The number of nitrogens with zero attached hydrogens (tertiary/aromatic N) is 1. The first-order valence-corrected chi connectivity index (χ1v) is 10.7. The summed E-state index contributed by atoms with van der Waals surface area (Å²) in [5, 5.41) is 25.2. The van der Waals surface area contributed by atoms with Gasteiger partial charge in [-0.25, -0.2) is 0 Å². The summed E-state index contributed by atoms with van der Waals surface area (Å²) in [4.78, 5) is 10.7. The first-order chi connectivity index (χ1) is 13.5. The van der Waals surface area contributed by atoms with Gasteiger partial charge in [0.15, 0.2) is 0 Å². The number of nitriles is 1. The van der Waals surface area contributed by atoms with Crippen molar-refractivity contribution in [3.05, 3.63) is 23.5 Å². The van der Waals surface area contributed by atoms with Crippen LogP contribution in [-0.4, -0.2) is 29.4 Å². The summed E-state index contributed by atoms with van der Waals surface area (Å²) in [5.74, 6) is 1.79. The van der Waals surface area contributed by atoms with Crippen LogP contribution in [0.1, 0.15) is 78.1 Å². The van der Waals surface area contributed by atoms with Crippen molar-refractivity contribution < 1.29 is 19.7 Å². The zero-order chi connectivity index (χ0) is 20.9. The summed E-state index contributed by atoms with van der Waals surface area (Å²) in [7, 11) is 1.00. The zero-order valence-corrected chi connectivity index (χ0v) is 17.7. The molecule has 0 aromatic carbocycles. The highest BCUT2D eigenvalue weighted by molar-refractivity contribution is 5.66. The lowest BCUT2D eigenvalue weighted by Crippen LogP contribution is -2.12. The van der Waals surface area contributed by atoms with Crippen LogP contribution in [0.4, 0.5) is 0 Å². The van der Waals surface area contributed by atoms with E-state index in [1.165, 1.54) is 25.7 Å². The number of carbonyl (C=O) groups is 1. The molecular weight excluding hydrogens is 354 g/mol. The highest BCUT2D eigenvalue weighted by Gasteiger charge is 2.42. The summed E-state index contributed by atoms with van der Waals surface area (Å²) in [6.07, 6.45) is 14.2. The van der Waals surface area contributed by atoms with Crippen molar-refractivity contribution in [1.29, 1.82) is 5.26 Å². The Labute approximate surface area is 170 Å². The molecule has 0 amide bonds. The molecule has 5 nitrogen and oxygen atoms in total. The van der Waals surface area contributed by atoms with E-state index in [0.717, 1.165) is 38.0 Å². The lowest BCUT2D eigenvalue weighted by Gasteiger charge is -2.12. The Bertz CT molecular complexity index is 576. The van der Waals surface area contributed by atoms with Gasteiger partial charge in [-0.3, -0.25) is 4.79 Å². The van der Waals surface area contributed by atoms with Crippen molar-refractivity contribution >= 4 is 5.97 Å². The number of aliphatic hydroxyl groups excluding tert-OH is 1. The Morgan fingerprint density at radius 1 is 1.32 bits per heavy atom. The average Bonchev–Trinajstić information content (AvgIpc) is 3.26. The molecule has 2 rings (SSSR count). The molecule has 1 aliphatic heterocycles. The van der Waals surface area contributed by atoms with Crippen LogP contribution in [0.2, 0.25) is 0 Å². The SMILES string of the molecule is CCCCC(C)C/C=C/C1CC[C@@H]2O/C(=C(/C#N)CCCC(=O)O)C[C@H]12.CO. The second-order valence-electron chi connectivity index (χ2n) is 7.94. The highest BCUT2D eigenvalue weighted by Crippen LogP contribution is 2.46. The number of allylic oxidation sites excluding steroid dienone is 4. The summed E-state index contributed by atoms with van der Waals surface area (Å²) in [6.45, 7) is 4.57. The van der Waals surface area contributed by atoms with Gasteiger partial charge in [-0.15, -0.1) is 0 Å². The second kappa shape index (κ2) is 13.4. The maximum Gasteiger partial charge on any atom is 0.303 e. The third kappa shape index (κ3) is 7.67. The number of carboxylic acids is 1. The molecular formula is C23H37NO4. The molecule has 2 N–H and O–H groups in total. The Morgan fingerprint density at radius 3 is 2.71 bits per heavy atom. The van der Waals surface area contributed by atoms with Crippen molar-refractivity contribution in [3.63, 3.8) is 0 Å². The fraction of sp³-hybridized carbons (Fsp3) is 0.739. The minimum atomic E-state index is -0.810. The normalized spacial score (nSPS) is 26.0. The first kappa shape index (κ1) is 24.2. The predicted octanol–water partition coefficient (Wildman–Crippen LogP) is 5.22. The fourth-order valence-electron chi connectivity index (χ4n) is 4.20. The molecule has 5 heteroatoms. The molecule has 0 aromatic rings. The highest BCUT2D eigenvalue weighted by atomic mass is 16.5. The molecule has 4 atom stereocenters. The molecule has 2 fully saturated rings. The molecule has 1 saturated heterocycles. The maximum atomic E-state index is 10.7. The molecule has 1 aliphatic carbocycles. The summed E-state index contributed by atoms with van der Waals surface area (Å²) < 4.78 is 6.08. The number of aliphatic hydroxyl groups is 1. The van der Waals surface area contributed by atoms with Crippen molar-refractivity contribution in [1.82, 2.24) is 0 Å². The van der Waals surface area contributed by atoms with Gasteiger partial charge in [-0.1, -0.05) is 45.3 Å². The van der Waals surface area contributed by atoms with Crippen LogP contribution in [0.5, 0.6) is 0 Å². The number of hydrogen-bond donors (Lipinski definition) is 2. The van der Waals surface area contributed by atoms with Crippen LogP contribution in [0.15, 0.2) is 23.5 Å². The Hall–Kier alpha value is -1.80. The Balaban J connectivity index is 0.00000190. The minimum absolute atomic E-state index is 0.104. The molecule has 1 saturated carbocycles. The quantitative estimate of drug-likeness (QED) is 0.394. The van der Waals surface area contributed by atoms with E-state index in [4.69, 9.17) is 14.9 Å². The van der Waals surface area contributed by atoms with Crippen LogP contribution in [-0.2, 0) is 9.53 Å². The summed E-state index contributed by atoms with van der Waals surface area (Å²) in [5.41, 5.74) is 0.650. The van der Waals surface area contributed by atoms with Crippen LogP contribution >= 0.6 is 0 Å². The number of rotatable bonds is 10. The number of carboxylic acid groups (broad SMARTS) is 1. The lowest BCUT2D eigenvalue weighted by molar-refractivity contribution is -0.137. The third-order valence-electron chi connectivity index (χ3n) is 5.79. The minimum Gasteiger partial charge on any atom is -0.493 e. The first-order valence-electron chi connectivity index (χ1n) is 10.7. The van der Waals surface area contributed by atoms with Gasteiger partial charge in [0.05, 0.1) is 11.6 Å². The van der Waals surface area contributed by atoms with Gasteiger partial charge >= 0.3 is 5.97 Å². The maximum absolute atomic E-state index is 10.7. The average molecular weight is 392 g/mol. The molecule has 158 valence electrons. The van der Waals surface area contributed by atoms with Gasteiger partial charge < -0.3 is 14.9 Å². The number of fused-ring (bicyclic) bond motifs is 1. The molecule has 0 radical (unpaired) electrons. The van der Waals surface area contributed by atoms with Crippen molar-refractivity contribution in [3.8, 4) is 6.07 Å². The number of aliphatic carboxylic acids is 1. The predicted molar refractivity (Wildman–Crippen MR) is 110 cm³/mol. The number of ether oxygens (including phenoxy) is 1. The van der Waals surface area contributed by atoms with Gasteiger partial charge in [-0.05, 0) is 43.9 Å². The van der Waals surface area contributed by atoms with E-state index in [1.54, 1.807) is 0 Å². The summed E-state index contributed by atoms with van der Waals surface area (Å²) in [6, 6.07) is 2.24. The molecule has 0 bridgehead atoms. The topological polar surface area (TPSA) is 90.5 Å². The van der Waals surface area contributed by atoms with E-state index in [-0.39, 0.29) is 12.5 Å². The van der Waals surface area contributed by atoms with Gasteiger partial charge in [0.2, 0.25) is 0 Å².